The molecule has 2 N–H and O–H groups in total. The van der Waals surface area contributed by atoms with Crippen molar-refractivity contribution in [1.29, 1.82) is 0 Å². The summed E-state index contributed by atoms with van der Waals surface area (Å²) in [5.74, 6) is 0.990. The molecule has 2 unspecified atom stereocenters. The fraction of sp³-hybridized carbons (Fsp3) is 0.273. The molecule has 2 saturated heterocycles. The van der Waals surface area contributed by atoms with E-state index in [1.165, 1.54) is 6.07 Å². The molecule has 150 valence electrons. The maximum atomic E-state index is 13.4. The van der Waals surface area contributed by atoms with Gasteiger partial charge in [-0.05, 0) is 48.6 Å². The fourth-order valence-electron chi connectivity index (χ4n) is 4.95. The first kappa shape index (κ1) is 17.2. The number of carbonyl (C=O) groups is 1. The highest BCUT2D eigenvalue weighted by atomic mass is 16.2. The van der Waals surface area contributed by atoms with Crippen molar-refractivity contribution >= 4 is 33.7 Å². The normalized spacial score (nSPS) is 20.9. The molecular weight excluding hydrogens is 380 g/mol. The van der Waals surface area contributed by atoms with Crippen LogP contribution in [0.5, 0.6) is 0 Å². The molecule has 2 aliphatic rings. The Morgan fingerprint density at radius 1 is 1.03 bits per heavy atom. The number of anilines is 1. The molecule has 0 spiro atoms. The van der Waals surface area contributed by atoms with Gasteiger partial charge in [0.05, 0.1) is 17.5 Å². The van der Waals surface area contributed by atoms with E-state index in [-0.39, 0.29) is 23.6 Å². The van der Waals surface area contributed by atoms with E-state index >= 15 is 0 Å². The summed E-state index contributed by atoms with van der Waals surface area (Å²) >= 11 is 0. The summed E-state index contributed by atoms with van der Waals surface area (Å²) < 4.78 is 0. The lowest BCUT2D eigenvalue weighted by molar-refractivity contribution is 0.0641. The first-order valence-corrected chi connectivity index (χ1v) is 10.2. The van der Waals surface area contributed by atoms with Crippen LogP contribution >= 0.6 is 0 Å². The molecule has 30 heavy (non-hydrogen) atoms. The number of hydrogen-bond acceptors (Lipinski definition) is 5. The number of pyridine rings is 1. The Kier molecular flexibility index (Phi) is 3.68. The summed E-state index contributed by atoms with van der Waals surface area (Å²) in [7, 11) is 0. The van der Waals surface area contributed by atoms with Crippen LogP contribution in [0, 0.1) is 0 Å². The van der Waals surface area contributed by atoms with Gasteiger partial charge < -0.3 is 19.8 Å². The predicted molar refractivity (Wildman–Crippen MR) is 114 cm³/mol. The molecule has 1 aromatic carbocycles. The van der Waals surface area contributed by atoms with Gasteiger partial charge in [0, 0.05) is 36.4 Å². The van der Waals surface area contributed by atoms with Crippen LogP contribution < -0.4 is 10.5 Å². The molecule has 2 aliphatic heterocycles. The lowest BCUT2D eigenvalue weighted by Gasteiger charge is -2.41. The Morgan fingerprint density at radius 2 is 1.87 bits per heavy atom. The van der Waals surface area contributed by atoms with Gasteiger partial charge in [0.15, 0.2) is 0 Å². The molecule has 0 aliphatic carbocycles. The average molecular weight is 400 g/mol. The van der Waals surface area contributed by atoms with Crippen molar-refractivity contribution in [1.82, 2.24) is 24.8 Å². The van der Waals surface area contributed by atoms with Crippen LogP contribution in [0.3, 0.4) is 0 Å². The molecule has 8 nitrogen and oxygen atoms in total. The quantitative estimate of drug-likeness (QED) is 0.538. The Labute approximate surface area is 171 Å². The van der Waals surface area contributed by atoms with E-state index < -0.39 is 0 Å². The first-order valence-electron chi connectivity index (χ1n) is 10.2. The van der Waals surface area contributed by atoms with Gasteiger partial charge >= 0.3 is 0 Å². The van der Waals surface area contributed by atoms with Crippen molar-refractivity contribution in [2.24, 2.45) is 0 Å². The molecule has 8 heteroatoms. The van der Waals surface area contributed by atoms with Gasteiger partial charge in [0.2, 0.25) is 5.56 Å². The van der Waals surface area contributed by atoms with Crippen LogP contribution in [0.1, 0.15) is 23.2 Å². The molecule has 0 radical (unpaired) electrons. The van der Waals surface area contributed by atoms with E-state index in [0.29, 0.717) is 5.56 Å². The summed E-state index contributed by atoms with van der Waals surface area (Å²) in [6.45, 7) is 1.53. The van der Waals surface area contributed by atoms with Crippen LogP contribution in [0.25, 0.3) is 21.9 Å². The third-order valence-corrected chi connectivity index (χ3v) is 6.32. The highest BCUT2D eigenvalue weighted by molar-refractivity contribution is 5.98. The molecule has 1 amide bonds. The van der Waals surface area contributed by atoms with Crippen molar-refractivity contribution in [3.8, 4) is 0 Å². The van der Waals surface area contributed by atoms with E-state index in [1.807, 2.05) is 24.4 Å². The minimum Gasteiger partial charge on any atom is -0.352 e. The molecular formula is C22H20N6O2. The second-order valence-corrected chi connectivity index (χ2v) is 8.06. The molecule has 4 aromatic rings. The van der Waals surface area contributed by atoms with E-state index in [4.69, 9.17) is 0 Å². The number of H-pyrrole nitrogens is 2. The number of hydrogen-bond donors (Lipinski definition) is 2. The molecule has 0 saturated carbocycles. The summed E-state index contributed by atoms with van der Waals surface area (Å²) in [5.41, 5.74) is 2.10. The van der Waals surface area contributed by atoms with Crippen LogP contribution in [0.4, 0.5) is 5.82 Å². The summed E-state index contributed by atoms with van der Waals surface area (Å²) in [4.78, 5) is 44.0. The summed E-state index contributed by atoms with van der Waals surface area (Å²) in [5, 5.41) is 1.88. The van der Waals surface area contributed by atoms with Gasteiger partial charge in [0.1, 0.15) is 17.8 Å². The van der Waals surface area contributed by atoms with Crippen LogP contribution in [0.15, 0.2) is 53.7 Å². The number of benzene rings is 1. The van der Waals surface area contributed by atoms with E-state index in [0.717, 1.165) is 53.7 Å². The standard InChI is InChI=1S/C22H20N6O2/c29-19-6-2-13-9-14(1-5-18(13)26-19)22(30)28-15-3-4-16(28)11-27(10-15)21-17-7-8-23-20(17)24-12-25-21/h1-2,5-9,12,15-16H,3-4,10-11H2,(H,26,29)(H,23,24,25). The Morgan fingerprint density at radius 3 is 2.70 bits per heavy atom. The lowest BCUT2D eigenvalue weighted by Crippen LogP contribution is -2.56. The van der Waals surface area contributed by atoms with Crippen molar-refractivity contribution in [3.63, 3.8) is 0 Å². The number of nitrogens with zero attached hydrogens (tertiary/aromatic N) is 4. The van der Waals surface area contributed by atoms with Gasteiger partial charge in [-0.1, -0.05) is 0 Å². The Hall–Kier alpha value is -3.68. The van der Waals surface area contributed by atoms with Gasteiger partial charge in [-0.3, -0.25) is 9.59 Å². The van der Waals surface area contributed by atoms with Crippen molar-refractivity contribution in [2.45, 2.75) is 24.9 Å². The van der Waals surface area contributed by atoms with E-state index in [2.05, 4.69) is 29.7 Å². The molecule has 5 heterocycles. The van der Waals surface area contributed by atoms with Gasteiger partial charge in [-0.2, -0.15) is 0 Å². The number of nitrogens with one attached hydrogen (secondary N) is 2. The maximum Gasteiger partial charge on any atom is 0.254 e. The summed E-state index contributed by atoms with van der Waals surface area (Å²) in [6, 6.07) is 11.1. The zero-order chi connectivity index (χ0) is 20.2. The highest BCUT2D eigenvalue weighted by Gasteiger charge is 2.43. The lowest BCUT2D eigenvalue weighted by atomic mass is 10.1. The number of piperazine rings is 1. The highest BCUT2D eigenvalue weighted by Crippen LogP contribution is 2.35. The summed E-state index contributed by atoms with van der Waals surface area (Å²) in [6.07, 6.45) is 5.46. The first-order chi connectivity index (χ1) is 14.7. The number of carbonyl (C=O) groups excluding carboxylic acids is 1. The SMILES string of the molecule is O=C(c1ccc2[nH]c(=O)ccc2c1)N1C2CCC1CN(c1ncnc3[nH]ccc13)C2. The van der Waals surface area contributed by atoms with Crippen LogP contribution in [0.2, 0.25) is 0 Å². The number of fused-ring (bicyclic) bond motifs is 4. The van der Waals surface area contributed by atoms with Crippen LogP contribution in [-0.4, -0.2) is 55.9 Å². The van der Waals surface area contributed by atoms with E-state index in [9.17, 15) is 9.59 Å². The molecule has 2 fully saturated rings. The zero-order valence-corrected chi connectivity index (χ0v) is 16.2. The Bertz CT molecular complexity index is 1330. The smallest absolute Gasteiger partial charge is 0.254 e. The zero-order valence-electron chi connectivity index (χ0n) is 16.2. The maximum absolute atomic E-state index is 13.4. The van der Waals surface area contributed by atoms with Crippen molar-refractivity contribution in [2.75, 3.05) is 18.0 Å². The third-order valence-electron chi connectivity index (χ3n) is 6.32. The number of amides is 1. The molecule has 2 atom stereocenters. The number of rotatable bonds is 2. The van der Waals surface area contributed by atoms with Gasteiger partial charge in [-0.25, -0.2) is 9.97 Å². The van der Waals surface area contributed by atoms with E-state index in [1.54, 1.807) is 18.5 Å². The second-order valence-electron chi connectivity index (χ2n) is 8.06. The molecule has 2 bridgehead atoms. The fourth-order valence-corrected chi connectivity index (χ4v) is 4.95. The second kappa shape index (κ2) is 6.41. The monoisotopic (exact) mass is 400 g/mol. The van der Waals surface area contributed by atoms with Crippen molar-refractivity contribution in [3.05, 3.63) is 64.8 Å². The molecule has 6 rings (SSSR count). The van der Waals surface area contributed by atoms with Gasteiger partial charge in [0.25, 0.3) is 5.91 Å². The van der Waals surface area contributed by atoms with Crippen molar-refractivity contribution < 1.29 is 4.79 Å². The topological polar surface area (TPSA) is 98.0 Å². The predicted octanol–water partition coefficient (Wildman–Crippen LogP) is 2.29. The Balaban J connectivity index is 1.30. The van der Waals surface area contributed by atoms with Gasteiger partial charge in [-0.15, -0.1) is 0 Å². The van der Waals surface area contributed by atoms with Crippen LogP contribution in [-0.2, 0) is 0 Å². The minimum absolute atomic E-state index is 0.0599. The number of aromatic amines is 2. The third kappa shape index (κ3) is 2.60. The molecule has 3 aromatic heterocycles. The average Bonchev–Trinajstić information content (AvgIpc) is 3.34. The minimum atomic E-state index is -0.142. The largest absolute Gasteiger partial charge is 0.352 e. The number of aromatic nitrogens is 4.